The maximum atomic E-state index is 11.6. The Kier molecular flexibility index (Phi) is 4.53. The molecule has 4 heteroatoms. The van der Waals surface area contributed by atoms with E-state index >= 15 is 0 Å². The number of thioether (sulfide) groups is 1. The van der Waals surface area contributed by atoms with Gasteiger partial charge in [-0.25, -0.2) is 0 Å². The number of hydrogen-bond acceptors (Lipinski definition) is 3. The second-order valence-corrected chi connectivity index (χ2v) is 7.22. The van der Waals surface area contributed by atoms with E-state index in [4.69, 9.17) is 0 Å². The number of benzene rings is 2. The molecule has 0 fully saturated rings. The van der Waals surface area contributed by atoms with Crippen LogP contribution in [0.2, 0.25) is 0 Å². The van der Waals surface area contributed by atoms with Crippen LogP contribution >= 0.6 is 11.8 Å². The van der Waals surface area contributed by atoms with Gasteiger partial charge in [0.2, 0.25) is 0 Å². The van der Waals surface area contributed by atoms with Crippen molar-refractivity contribution in [2.75, 3.05) is 0 Å². The third kappa shape index (κ3) is 3.48. The lowest BCUT2D eigenvalue weighted by Crippen LogP contribution is -2.15. The van der Waals surface area contributed by atoms with Crippen LogP contribution in [0.3, 0.4) is 0 Å². The Morgan fingerprint density at radius 2 is 1.74 bits per heavy atom. The highest BCUT2D eigenvalue weighted by Gasteiger charge is 2.13. The summed E-state index contributed by atoms with van der Waals surface area (Å²) < 4.78 is 2.05. The van der Waals surface area contributed by atoms with Crippen LogP contribution in [0.1, 0.15) is 37.6 Å². The van der Waals surface area contributed by atoms with Crippen LogP contribution < -0.4 is 5.56 Å². The maximum absolute atomic E-state index is 11.6. The fraction of sp³-hybridized carbons (Fsp3) is 0.263. The standard InChI is InChI=1S/C19H20N2OS/c1-13(2)21-11-10-18(22)20-19(21)23-14(3)16-9-8-15-6-4-5-7-17(15)12-16/h4-14H,1-3H3. The van der Waals surface area contributed by atoms with Gasteiger partial charge >= 0.3 is 0 Å². The lowest BCUT2D eigenvalue weighted by atomic mass is 10.1. The molecule has 0 bridgehead atoms. The Morgan fingerprint density at radius 1 is 1.00 bits per heavy atom. The van der Waals surface area contributed by atoms with E-state index in [1.807, 2.05) is 10.8 Å². The highest BCUT2D eigenvalue weighted by Crippen LogP contribution is 2.35. The van der Waals surface area contributed by atoms with Crippen molar-refractivity contribution < 1.29 is 0 Å². The van der Waals surface area contributed by atoms with Crippen molar-refractivity contribution >= 4 is 22.5 Å². The first-order valence-corrected chi connectivity index (χ1v) is 8.67. The molecule has 0 saturated heterocycles. The topological polar surface area (TPSA) is 34.9 Å². The Hall–Kier alpha value is -2.07. The zero-order chi connectivity index (χ0) is 16.4. The molecule has 0 amide bonds. The number of aromatic nitrogens is 2. The van der Waals surface area contributed by atoms with Crippen molar-refractivity contribution in [1.29, 1.82) is 0 Å². The molecule has 0 aliphatic carbocycles. The number of fused-ring (bicyclic) bond motifs is 1. The fourth-order valence-corrected chi connectivity index (χ4v) is 3.70. The molecule has 23 heavy (non-hydrogen) atoms. The highest BCUT2D eigenvalue weighted by molar-refractivity contribution is 7.99. The zero-order valence-electron chi connectivity index (χ0n) is 13.6. The second-order valence-electron chi connectivity index (χ2n) is 5.92. The largest absolute Gasteiger partial charge is 0.325 e. The molecule has 0 radical (unpaired) electrons. The predicted octanol–water partition coefficient (Wildman–Crippen LogP) is 4.83. The highest BCUT2D eigenvalue weighted by atomic mass is 32.2. The van der Waals surface area contributed by atoms with Gasteiger partial charge in [0, 0.05) is 23.6 Å². The molecule has 0 N–H and O–H groups in total. The maximum Gasteiger partial charge on any atom is 0.273 e. The lowest BCUT2D eigenvalue weighted by molar-refractivity contribution is 0.525. The van der Waals surface area contributed by atoms with Crippen LogP contribution in [-0.4, -0.2) is 9.55 Å². The minimum atomic E-state index is -0.185. The molecular formula is C19H20N2OS. The minimum Gasteiger partial charge on any atom is -0.325 e. The number of rotatable bonds is 4. The summed E-state index contributed by atoms with van der Waals surface area (Å²) in [6.45, 7) is 6.34. The summed E-state index contributed by atoms with van der Waals surface area (Å²) in [5, 5.41) is 3.47. The molecule has 1 aromatic heterocycles. The average molecular weight is 324 g/mol. The van der Waals surface area contributed by atoms with Crippen LogP contribution in [0.5, 0.6) is 0 Å². The normalized spacial score (nSPS) is 12.7. The summed E-state index contributed by atoms with van der Waals surface area (Å²) in [4.78, 5) is 15.8. The molecule has 3 aromatic rings. The molecular weight excluding hydrogens is 304 g/mol. The van der Waals surface area contributed by atoms with Gasteiger partial charge in [0.1, 0.15) is 0 Å². The van der Waals surface area contributed by atoms with Gasteiger partial charge in [0.05, 0.1) is 0 Å². The molecule has 1 atom stereocenters. The Labute approximate surface area is 140 Å². The third-order valence-corrected chi connectivity index (χ3v) is 5.02. The monoisotopic (exact) mass is 324 g/mol. The van der Waals surface area contributed by atoms with Crippen molar-refractivity contribution in [1.82, 2.24) is 9.55 Å². The Bertz CT molecular complexity index is 886. The van der Waals surface area contributed by atoms with Crippen molar-refractivity contribution in [2.24, 2.45) is 0 Å². The molecule has 0 saturated carbocycles. The predicted molar refractivity (Wildman–Crippen MR) is 97.1 cm³/mol. The van der Waals surface area contributed by atoms with Gasteiger partial charge in [-0.1, -0.05) is 54.2 Å². The van der Waals surface area contributed by atoms with E-state index in [1.54, 1.807) is 11.8 Å². The molecule has 0 aliphatic heterocycles. The van der Waals surface area contributed by atoms with Crippen molar-refractivity contribution in [3.8, 4) is 0 Å². The molecule has 0 aliphatic rings. The van der Waals surface area contributed by atoms with E-state index in [1.165, 1.54) is 22.4 Å². The van der Waals surface area contributed by atoms with Gasteiger partial charge in [-0.05, 0) is 37.1 Å². The molecule has 3 nitrogen and oxygen atoms in total. The van der Waals surface area contributed by atoms with E-state index in [-0.39, 0.29) is 16.9 Å². The van der Waals surface area contributed by atoms with Crippen LogP contribution in [0.4, 0.5) is 0 Å². The zero-order valence-corrected chi connectivity index (χ0v) is 14.4. The molecule has 1 unspecified atom stereocenters. The van der Waals surface area contributed by atoms with Gasteiger partial charge in [-0.3, -0.25) is 4.79 Å². The molecule has 118 valence electrons. The van der Waals surface area contributed by atoms with Gasteiger partial charge in [0.25, 0.3) is 5.56 Å². The fourth-order valence-electron chi connectivity index (χ4n) is 2.56. The van der Waals surface area contributed by atoms with Crippen LogP contribution in [0.25, 0.3) is 10.8 Å². The van der Waals surface area contributed by atoms with Crippen molar-refractivity contribution in [2.45, 2.75) is 37.2 Å². The second kappa shape index (κ2) is 6.59. The van der Waals surface area contributed by atoms with Gasteiger partial charge in [-0.15, -0.1) is 0 Å². The first-order chi connectivity index (χ1) is 11.0. The number of nitrogens with zero attached hydrogens (tertiary/aromatic N) is 2. The molecule has 2 aromatic carbocycles. The molecule has 3 rings (SSSR count). The average Bonchev–Trinajstić information content (AvgIpc) is 2.54. The van der Waals surface area contributed by atoms with E-state index in [0.717, 1.165) is 5.16 Å². The summed E-state index contributed by atoms with van der Waals surface area (Å²) in [5.74, 6) is 0. The Balaban J connectivity index is 1.92. The van der Waals surface area contributed by atoms with E-state index in [9.17, 15) is 4.79 Å². The summed E-state index contributed by atoms with van der Waals surface area (Å²) >= 11 is 1.63. The SMILES string of the molecule is CC(Sc1nc(=O)ccn1C(C)C)c1ccc2ccccc2c1. The van der Waals surface area contributed by atoms with Gasteiger partial charge in [0.15, 0.2) is 5.16 Å². The quantitative estimate of drug-likeness (QED) is 0.509. The van der Waals surface area contributed by atoms with Crippen molar-refractivity contribution in [3.05, 3.63) is 70.6 Å². The first-order valence-electron chi connectivity index (χ1n) is 7.79. The summed E-state index contributed by atoms with van der Waals surface area (Å²) in [6.07, 6.45) is 1.83. The van der Waals surface area contributed by atoms with Crippen LogP contribution in [0.15, 0.2) is 64.7 Å². The van der Waals surface area contributed by atoms with E-state index < -0.39 is 0 Å². The van der Waals surface area contributed by atoms with E-state index in [0.29, 0.717) is 0 Å². The van der Waals surface area contributed by atoms with Crippen LogP contribution in [0, 0.1) is 0 Å². The summed E-state index contributed by atoms with van der Waals surface area (Å²) in [5.41, 5.74) is 1.05. The smallest absolute Gasteiger partial charge is 0.273 e. The molecule has 0 spiro atoms. The van der Waals surface area contributed by atoms with Gasteiger partial charge in [-0.2, -0.15) is 4.98 Å². The van der Waals surface area contributed by atoms with E-state index in [2.05, 4.69) is 68.2 Å². The van der Waals surface area contributed by atoms with Crippen molar-refractivity contribution in [3.63, 3.8) is 0 Å². The lowest BCUT2D eigenvalue weighted by Gasteiger charge is -2.18. The van der Waals surface area contributed by atoms with Gasteiger partial charge < -0.3 is 4.57 Å². The van der Waals surface area contributed by atoms with Crippen LogP contribution in [-0.2, 0) is 0 Å². The summed E-state index contributed by atoms with van der Waals surface area (Å²) in [6, 6.07) is 16.7. The molecule has 1 heterocycles. The first kappa shape index (κ1) is 15.8. The Morgan fingerprint density at radius 3 is 2.48 bits per heavy atom. The third-order valence-electron chi connectivity index (χ3n) is 3.89. The number of hydrogen-bond donors (Lipinski definition) is 0. The minimum absolute atomic E-state index is 0.185. The summed E-state index contributed by atoms with van der Waals surface area (Å²) in [7, 11) is 0.